The van der Waals surface area contributed by atoms with Gasteiger partial charge in [0.25, 0.3) is 5.91 Å². The largest absolute Gasteiger partial charge is 0.345 e. The number of hydrogen-bond donors (Lipinski definition) is 2. The Labute approximate surface area is 123 Å². The number of nitrogens with zero attached hydrogens (tertiary/aromatic N) is 4. The van der Waals surface area contributed by atoms with Crippen molar-refractivity contribution in [2.24, 2.45) is 11.7 Å². The van der Waals surface area contributed by atoms with E-state index in [1.54, 1.807) is 18.3 Å². The monoisotopic (exact) mass is 288 g/mol. The predicted molar refractivity (Wildman–Crippen MR) is 78.9 cm³/mol. The minimum Gasteiger partial charge on any atom is -0.345 e. The van der Waals surface area contributed by atoms with Crippen LogP contribution in [-0.4, -0.2) is 37.7 Å². The molecule has 7 nitrogen and oxygen atoms in total. The van der Waals surface area contributed by atoms with Gasteiger partial charge in [0.15, 0.2) is 5.82 Å². The summed E-state index contributed by atoms with van der Waals surface area (Å²) in [4.78, 5) is 20.4. The van der Waals surface area contributed by atoms with Crippen LogP contribution in [0.1, 0.15) is 31.1 Å². The summed E-state index contributed by atoms with van der Waals surface area (Å²) in [7, 11) is 0. The molecule has 0 fully saturated rings. The third-order valence-corrected chi connectivity index (χ3v) is 3.76. The van der Waals surface area contributed by atoms with Gasteiger partial charge in [-0.15, -0.1) is 0 Å². The quantitative estimate of drug-likeness (QED) is 0.846. The van der Waals surface area contributed by atoms with E-state index in [-0.39, 0.29) is 11.8 Å². The summed E-state index contributed by atoms with van der Waals surface area (Å²) in [6.07, 6.45) is 4.52. The number of nitrogens with one attached hydrogen (secondary N) is 1. The van der Waals surface area contributed by atoms with Gasteiger partial charge >= 0.3 is 0 Å². The zero-order chi connectivity index (χ0) is 15.5. The Kier molecular flexibility index (Phi) is 4.32. The highest BCUT2D eigenvalue weighted by Crippen LogP contribution is 2.16. The van der Waals surface area contributed by atoms with Gasteiger partial charge in [-0.25, -0.2) is 14.6 Å². The second-order valence-corrected chi connectivity index (χ2v) is 5.47. The average molecular weight is 288 g/mol. The third kappa shape index (κ3) is 3.25. The van der Waals surface area contributed by atoms with Crippen LogP contribution >= 0.6 is 0 Å². The van der Waals surface area contributed by atoms with Crippen LogP contribution in [0.3, 0.4) is 0 Å². The Morgan fingerprint density at radius 3 is 2.86 bits per heavy atom. The minimum absolute atomic E-state index is 0.180. The van der Waals surface area contributed by atoms with E-state index in [4.69, 9.17) is 5.73 Å². The van der Waals surface area contributed by atoms with E-state index in [0.717, 1.165) is 0 Å². The molecule has 0 aliphatic heterocycles. The Bertz CT molecular complexity index is 610. The molecular weight excluding hydrogens is 268 g/mol. The number of rotatable bonds is 5. The number of carbonyl (C=O) groups is 1. The van der Waals surface area contributed by atoms with Gasteiger partial charge in [-0.05, 0) is 25.0 Å². The van der Waals surface area contributed by atoms with Crippen molar-refractivity contribution >= 4 is 5.91 Å². The SMILES string of the molecule is CC(C)C(C)(CN)NC(=O)c1ccnc(-n2cncn2)c1. The molecule has 112 valence electrons. The zero-order valence-corrected chi connectivity index (χ0v) is 12.4. The lowest BCUT2D eigenvalue weighted by molar-refractivity contribution is 0.0883. The molecule has 2 aromatic heterocycles. The van der Waals surface area contributed by atoms with Crippen LogP contribution in [0, 0.1) is 5.92 Å². The van der Waals surface area contributed by atoms with E-state index in [1.165, 1.54) is 17.3 Å². The van der Waals surface area contributed by atoms with Gasteiger partial charge in [-0.2, -0.15) is 5.10 Å². The molecule has 0 bridgehead atoms. The molecule has 1 unspecified atom stereocenters. The number of nitrogens with two attached hydrogens (primary N) is 1. The summed E-state index contributed by atoms with van der Waals surface area (Å²) in [5.74, 6) is 0.586. The number of aromatic nitrogens is 4. The first-order chi connectivity index (χ1) is 9.96. The zero-order valence-electron chi connectivity index (χ0n) is 12.4. The van der Waals surface area contributed by atoms with Crippen LogP contribution < -0.4 is 11.1 Å². The maximum absolute atomic E-state index is 12.4. The number of amides is 1. The molecular formula is C14H20N6O. The van der Waals surface area contributed by atoms with Crippen molar-refractivity contribution in [2.45, 2.75) is 26.3 Å². The summed E-state index contributed by atoms with van der Waals surface area (Å²) >= 11 is 0. The fourth-order valence-corrected chi connectivity index (χ4v) is 1.77. The van der Waals surface area contributed by atoms with Crippen molar-refractivity contribution < 1.29 is 4.79 Å². The first-order valence-electron chi connectivity index (χ1n) is 6.80. The van der Waals surface area contributed by atoms with Crippen LogP contribution in [0.5, 0.6) is 0 Å². The van der Waals surface area contributed by atoms with Gasteiger partial charge in [0, 0.05) is 18.3 Å². The molecule has 21 heavy (non-hydrogen) atoms. The van der Waals surface area contributed by atoms with Crippen LogP contribution in [0.2, 0.25) is 0 Å². The standard InChI is InChI=1S/C14H20N6O/c1-10(2)14(3,7-15)19-13(21)11-4-5-17-12(6-11)20-9-16-8-18-20/h4-6,8-10H,7,15H2,1-3H3,(H,19,21). The fourth-order valence-electron chi connectivity index (χ4n) is 1.77. The maximum atomic E-state index is 12.4. The molecule has 7 heteroatoms. The van der Waals surface area contributed by atoms with E-state index in [1.807, 2.05) is 20.8 Å². The summed E-state index contributed by atoms with van der Waals surface area (Å²) in [5, 5.41) is 6.99. The average Bonchev–Trinajstić information content (AvgIpc) is 3.01. The smallest absolute Gasteiger partial charge is 0.251 e. The Hall–Kier alpha value is -2.28. The molecule has 0 radical (unpaired) electrons. The second kappa shape index (κ2) is 6.01. The van der Waals surface area contributed by atoms with Crippen molar-refractivity contribution in [2.75, 3.05) is 6.54 Å². The van der Waals surface area contributed by atoms with Crippen molar-refractivity contribution in [1.29, 1.82) is 0 Å². The molecule has 0 saturated carbocycles. The van der Waals surface area contributed by atoms with Crippen molar-refractivity contribution in [3.05, 3.63) is 36.5 Å². The van der Waals surface area contributed by atoms with Crippen LogP contribution in [0.15, 0.2) is 31.0 Å². The Balaban J connectivity index is 2.22. The van der Waals surface area contributed by atoms with E-state index >= 15 is 0 Å². The summed E-state index contributed by atoms with van der Waals surface area (Å²) in [6, 6.07) is 3.33. The van der Waals surface area contributed by atoms with Gasteiger partial charge in [-0.1, -0.05) is 13.8 Å². The molecule has 2 rings (SSSR count). The Morgan fingerprint density at radius 2 is 2.29 bits per heavy atom. The molecule has 2 aromatic rings. The van der Waals surface area contributed by atoms with Crippen molar-refractivity contribution in [3.63, 3.8) is 0 Å². The van der Waals surface area contributed by atoms with Gasteiger partial charge in [0.05, 0.1) is 5.54 Å². The molecule has 0 spiro atoms. The van der Waals surface area contributed by atoms with Gasteiger partial charge < -0.3 is 11.1 Å². The molecule has 1 amide bonds. The number of pyridine rings is 1. The topological polar surface area (TPSA) is 98.7 Å². The van der Waals surface area contributed by atoms with Gasteiger partial charge in [0.1, 0.15) is 12.7 Å². The van der Waals surface area contributed by atoms with Crippen LogP contribution in [-0.2, 0) is 0 Å². The van der Waals surface area contributed by atoms with Crippen molar-refractivity contribution in [3.8, 4) is 5.82 Å². The molecule has 0 aromatic carbocycles. The summed E-state index contributed by atoms with van der Waals surface area (Å²) in [6.45, 7) is 6.37. The van der Waals surface area contributed by atoms with Crippen LogP contribution in [0.25, 0.3) is 5.82 Å². The fraction of sp³-hybridized carbons (Fsp3) is 0.429. The molecule has 1 atom stereocenters. The lowest BCUT2D eigenvalue weighted by atomic mass is 9.88. The summed E-state index contributed by atoms with van der Waals surface area (Å²) in [5.41, 5.74) is 5.85. The summed E-state index contributed by atoms with van der Waals surface area (Å²) < 4.78 is 1.50. The minimum atomic E-state index is -0.451. The first kappa shape index (κ1) is 15.1. The lowest BCUT2D eigenvalue weighted by Gasteiger charge is -2.33. The van der Waals surface area contributed by atoms with Gasteiger partial charge in [0.2, 0.25) is 0 Å². The second-order valence-electron chi connectivity index (χ2n) is 5.47. The maximum Gasteiger partial charge on any atom is 0.251 e. The molecule has 2 heterocycles. The molecule has 0 aliphatic rings. The van der Waals surface area contributed by atoms with E-state index in [9.17, 15) is 4.79 Å². The first-order valence-corrected chi connectivity index (χ1v) is 6.80. The number of carbonyl (C=O) groups excluding carboxylic acids is 1. The Morgan fingerprint density at radius 1 is 1.52 bits per heavy atom. The van der Waals surface area contributed by atoms with E-state index < -0.39 is 5.54 Å². The molecule has 0 aliphatic carbocycles. The van der Waals surface area contributed by atoms with Crippen LogP contribution in [0.4, 0.5) is 0 Å². The molecule has 3 N–H and O–H groups in total. The lowest BCUT2D eigenvalue weighted by Crippen LogP contribution is -2.55. The predicted octanol–water partition coefficient (Wildman–Crippen LogP) is 0.765. The highest BCUT2D eigenvalue weighted by Gasteiger charge is 2.29. The third-order valence-electron chi connectivity index (χ3n) is 3.76. The van der Waals surface area contributed by atoms with Crippen molar-refractivity contribution in [1.82, 2.24) is 25.1 Å². The number of hydrogen-bond acceptors (Lipinski definition) is 5. The normalized spacial score (nSPS) is 14.0. The van der Waals surface area contributed by atoms with E-state index in [2.05, 4.69) is 20.4 Å². The molecule has 0 saturated heterocycles. The highest BCUT2D eigenvalue weighted by atomic mass is 16.1. The van der Waals surface area contributed by atoms with Gasteiger partial charge in [-0.3, -0.25) is 4.79 Å². The highest BCUT2D eigenvalue weighted by molar-refractivity contribution is 5.95. The van der Waals surface area contributed by atoms with E-state index in [0.29, 0.717) is 17.9 Å².